The van der Waals surface area contributed by atoms with E-state index in [4.69, 9.17) is 5.73 Å². The molecule has 0 radical (unpaired) electrons. The molecule has 1 heterocycles. The minimum absolute atomic E-state index is 0.154. The summed E-state index contributed by atoms with van der Waals surface area (Å²) in [5, 5.41) is 0. The molecule has 2 N–H and O–H groups in total. The highest BCUT2D eigenvalue weighted by atomic mass is 19.1. The van der Waals surface area contributed by atoms with Gasteiger partial charge in [0.2, 0.25) is 0 Å². The van der Waals surface area contributed by atoms with Crippen molar-refractivity contribution in [3.63, 3.8) is 0 Å². The number of aryl methyl sites for hydroxylation is 3. The van der Waals surface area contributed by atoms with Crippen LogP contribution >= 0.6 is 0 Å². The Morgan fingerprint density at radius 3 is 2.80 bits per heavy atom. The summed E-state index contributed by atoms with van der Waals surface area (Å²) in [6.07, 6.45) is 0.642. The lowest BCUT2D eigenvalue weighted by Gasteiger charge is -2.08. The molecule has 3 nitrogen and oxygen atoms in total. The van der Waals surface area contributed by atoms with Gasteiger partial charge >= 0.3 is 0 Å². The molecule has 102 valence electrons. The van der Waals surface area contributed by atoms with Crippen LogP contribution in [0, 0.1) is 12.7 Å². The van der Waals surface area contributed by atoms with Crippen molar-refractivity contribution in [2.75, 3.05) is 5.73 Å². The van der Waals surface area contributed by atoms with Crippen molar-refractivity contribution in [3.8, 4) is 0 Å². The number of hydrogen-bond donors (Lipinski definition) is 1. The summed E-state index contributed by atoms with van der Waals surface area (Å²) in [7, 11) is 0. The van der Waals surface area contributed by atoms with E-state index in [0.717, 1.165) is 22.4 Å². The normalized spacial score (nSPS) is 11.1. The van der Waals surface area contributed by atoms with Crippen LogP contribution in [0.1, 0.15) is 11.4 Å². The molecular formula is C16H16FN3. The number of halogens is 1. The van der Waals surface area contributed by atoms with Gasteiger partial charge in [-0.2, -0.15) is 0 Å². The lowest BCUT2D eigenvalue weighted by Crippen LogP contribution is -2.04. The second kappa shape index (κ2) is 4.96. The first kappa shape index (κ1) is 12.7. The van der Waals surface area contributed by atoms with Crippen LogP contribution < -0.4 is 5.73 Å². The highest BCUT2D eigenvalue weighted by molar-refractivity contribution is 5.79. The number of nitrogen functional groups attached to an aromatic ring is 1. The quantitative estimate of drug-likeness (QED) is 0.741. The zero-order valence-electron chi connectivity index (χ0n) is 11.3. The first-order valence-electron chi connectivity index (χ1n) is 6.61. The van der Waals surface area contributed by atoms with Gasteiger partial charge in [0.25, 0.3) is 0 Å². The Balaban J connectivity index is 1.91. The first-order chi connectivity index (χ1) is 9.65. The summed E-state index contributed by atoms with van der Waals surface area (Å²) in [6.45, 7) is 2.66. The fourth-order valence-electron chi connectivity index (χ4n) is 2.48. The van der Waals surface area contributed by atoms with Crippen molar-refractivity contribution in [2.45, 2.75) is 19.9 Å². The van der Waals surface area contributed by atoms with Gasteiger partial charge in [-0.05, 0) is 43.2 Å². The van der Waals surface area contributed by atoms with Crippen LogP contribution in [-0.2, 0) is 13.0 Å². The van der Waals surface area contributed by atoms with E-state index in [-0.39, 0.29) is 5.82 Å². The van der Waals surface area contributed by atoms with Crippen molar-refractivity contribution in [1.82, 2.24) is 9.55 Å². The Bertz CT molecular complexity index is 762. The second-order valence-corrected chi connectivity index (χ2v) is 4.90. The fourth-order valence-corrected chi connectivity index (χ4v) is 2.48. The average Bonchev–Trinajstić information content (AvgIpc) is 2.73. The van der Waals surface area contributed by atoms with Crippen molar-refractivity contribution in [3.05, 3.63) is 59.7 Å². The van der Waals surface area contributed by atoms with E-state index in [1.165, 1.54) is 6.07 Å². The molecule has 3 aromatic rings. The Morgan fingerprint density at radius 2 is 2.00 bits per heavy atom. The number of imidazole rings is 1. The van der Waals surface area contributed by atoms with E-state index in [9.17, 15) is 4.39 Å². The number of fused-ring (bicyclic) bond motifs is 1. The average molecular weight is 269 g/mol. The lowest BCUT2D eigenvalue weighted by molar-refractivity contribution is 0.593. The molecule has 3 rings (SSSR count). The molecule has 0 fully saturated rings. The maximum absolute atomic E-state index is 13.6. The van der Waals surface area contributed by atoms with Gasteiger partial charge in [-0.1, -0.05) is 18.2 Å². The third-order valence-corrected chi connectivity index (χ3v) is 3.53. The fraction of sp³-hybridized carbons (Fsp3) is 0.188. The van der Waals surface area contributed by atoms with Crippen LogP contribution in [0.4, 0.5) is 10.1 Å². The molecule has 4 heteroatoms. The van der Waals surface area contributed by atoms with Gasteiger partial charge < -0.3 is 10.3 Å². The van der Waals surface area contributed by atoms with Gasteiger partial charge in [-0.15, -0.1) is 0 Å². The molecular weight excluding hydrogens is 253 g/mol. The third kappa shape index (κ3) is 2.25. The molecule has 2 aromatic carbocycles. The number of rotatable bonds is 3. The van der Waals surface area contributed by atoms with E-state index in [2.05, 4.69) is 9.55 Å². The van der Waals surface area contributed by atoms with E-state index >= 15 is 0 Å². The number of aromatic nitrogens is 2. The highest BCUT2D eigenvalue weighted by Crippen LogP contribution is 2.19. The summed E-state index contributed by atoms with van der Waals surface area (Å²) in [5.41, 5.74) is 9.12. The molecule has 20 heavy (non-hydrogen) atoms. The van der Waals surface area contributed by atoms with Crippen LogP contribution in [0.3, 0.4) is 0 Å². The maximum atomic E-state index is 13.6. The van der Waals surface area contributed by atoms with E-state index in [0.29, 0.717) is 18.7 Å². The summed E-state index contributed by atoms with van der Waals surface area (Å²) in [6, 6.07) is 12.6. The maximum Gasteiger partial charge on any atom is 0.126 e. The van der Waals surface area contributed by atoms with E-state index in [1.54, 1.807) is 6.07 Å². The van der Waals surface area contributed by atoms with Crippen molar-refractivity contribution in [1.29, 1.82) is 0 Å². The first-order valence-corrected chi connectivity index (χ1v) is 6.61. The zero-order valence-corrected chi connectivity index (χ0v) is 11.3. The largest absolute Gasteiger partial charge is 0.399 e. The third-order valence-electron chi connectivity index (χ3n) is 3.53. The minimum Gasteiger partial charge on any atom is -0.399 e. The van der Waals surface area contributed by atoms with Crippen molar-refractivity contribution >= 4 is 16.7 Å². The molecule has 0 amide bonds. The van der Waals surface area contributed by atoms with Gasteiger partial charge in [-0.3, -0.25) is 0 Å². The summed E-state index contributed by atoms with van der Waals surface area (Å²) in [4.78, 5) is 4.50. The van der Waals surface area contributed by atoms with Crippen LogP contribution in [0.15, 0.2) is 42.5 Å². The summed E-state index contributed by atoms with van der Waals surface area (Å²) < 4.78 is 15.7. The van der Waals surface area contributed by atoms with Crippen LogP contribution in [0.25, 0.3) is 11.0 Å². The smallest absolute Gasteiger partial charge is 0.126 e. The number of anilines is 1. The number of nitrogens with zero attached hydrogens (tertiary/aromatic N) is 2. The molecule has 0 saturated carbocycles. The standard InChI is InChI=1S/C16H16FN3/c1-11-19-15-10-13(18)6-7-16(15)20(11)9-8-12-4-2-3-5-14(12)17/h2-7,10H,8-9,18H2,1H3. The molecule has 0 spiro atoms. The van der Waals surface area contributed by atoms with Gasteiger partial charge in [0.1, 0.15) is 11.6 Å². The zero-order chi connectivity index (χ0) is 14.1. The van der Waals surface area contributed by atoms with Gasteiger partial charge in [-0.25, -0.2) is 9.37 Å². The monoisotopic (exact) mass is 269 g/mol. The molecule has 0 saturated heterocycles. The van der Waals surface area contributed by atoms with Gasteiger partial charge in [0.05, 0.1) is 11.0 Å². The van der Waals surface area contributed by atoms with Gasteiger partial charge in [0, 0.05) is 12.2 Å². The Labute approximate surface area is 116 Å². The van der Waals surface area contributed by atoms with Crippen LogP contribution in [-0.4, -0.2) is 9.55 Å². The number of nitrogens with two attached hydrogens (primary N) is 1. The second-order valence-electron chi connectivity index (χ2n) is 4.90. The Morgan fingerprint density at radius 1 is 1.20 bits per heavy atom. The predicted molar refractivity (Wildman–Crippen MR) is 79.0 cm³/mol. The predicted octanol–water partition coefficient (Wildman–Crippen LogP) is 3.31. The molecule has 1 aromatic heterocycles. The Kier molecular flexibility index (Phi) is 3.14. The van der Waals surface area contributed by atoms with Crippen LogP contribution in [0.5, 0.6) is 0 Å². The van der Waals surface area contributed by atoms with E-state index in [1.807, 2.05) is 37.3 Å². The SMILES string of the molecule is Cc1nc2cc(N)ccc2n1CCc1ccccc1F. The molecule has 0 atom stereocenters. The molecule has 0 aliphatic rings. The minimum atomic E-state index is -0.154. The van der Waals surface area contributed by atoms with Gasteiger partial charge in [0.15, 0.2) is 0 Å². The molecule has 0 aliphatic heterocycles. The van der Waals surface area contributed by atoms with Crippen LogP contribution in [0.2, 0.25) is 0 Å². The van der Waals surface area contributed by atoms with Crippen molar-refractivity contribution < 1.29 is 4.39 Å². The van der Waals surface area contributed by atoms with E-state index < -0.39 is 0 Å². The van der Waals surface area contributed by atoms with Crippen molar-refractivity contribution in [2.24, 2.45) is 0 Å². The number of hydrogen-bond acceptors (Lipinski definition) is 2. The topological polar surface area (TPSA) is 43.8 Å². The molecule has 0 bridgehead atoms. The summed E-state index contributed by atoms with van der Waals surface area (Å²) >= 11 is 0. The molecule has 0 unspecified atom stereocenters. The summed E-state index contributed by atoms with van der Waals surface area (Å²) in [5.74, 6) is 0.765. The number of benzene rings is 2. The molecule has 0 aliphatic carbocycles. The highest BCUT2D eigenvalue weighted by Gasteiger charge is 2.08. The lowest BCUT2D eigenvalue weighted by atomic mass is 10.1. The Hall–Kier alpha value is -2.36.